The van der Waals surface area contributed by atoms with E-state index in [1.54, 1.807) is 0 Å². The number of rotatable bonds is 13. The third kappa shape index (κ3) is 9.17. The van der Waals surface area contributed by atoms with Gasteiger partial charge in [0.15, 0.2) is 29.1 Å². The van der Waals surface area contributed by atoms with Crippen molar-refractivity contribution in [3.8, 4) is 57.1 Å². The highest BCUT2D eigenvalue weighted by Gasteiger charge is 2.37. The summed E-state index contributed by atoms with van der Waals surface area (Å²) in [5.74, 6) is 5.41. The highest BCUT2D eigenvalue weighted by Crippen LogP contribution is 2.52. The van der Waals surface area contributed by atoms with E-state index in [1.165, 1.54) is 0 Å². The maximum atomic E-state index is 7.12. The van der Waals surface area contributed by atoms with Crippen molar-refractivity contribution in [2.45, 2.75) is 39.0 Å². The van der Waals surface area contributed by atoms with Crippen LogP contribution in [0.25, 0.3) is 62.8 Å². The van der Waals surface area contributed by atoms with Gasteiger partial charge in [0, 0.05) is 56.3 Å². The molecular weight excluding hydrogens is 797 g/mol. The Morgan fingerprint density at radius 1 is 0.538 bits per heavy atom. The number of hydrogen-bond acceptors (Lipinski definition) is 7. The molecule has 1 aliphatic heterocycles. The number of fused-ring (bicyclic) bond motifs is 2. The van der Waals surface area contributed by atoms with Gasteiger partial charge < -0.3 is 4.74 Å². The summed E-state index contributed by atoms with van der Waals surface area (Å²) in [6.45, 7) is 10.9. The van der Waals surface area contributed by atoms with E-state index < -0.39 is 0 Å². The van der Waals surface area contributed by atoms with Gasteiger partial charge in [0.05, 0.1) is 0 Å². The topological polar surface area (TPSA) is 86.6 Å². The smallest absolute Gasteiger partial charge is 0.164 e. The minimum Gasteiger partial charge on any atom is -0.455 e. The lowest BCUT2D eigenvalue weighted by Crippen LogP contribution is -2.25. The minimum atomic E-state index is -0.364. The molecule has 0 atom stereocenters. The Morgan fingerprint density at radius 3 is 1.43 bits per heavy atom. The number of hydrogen-bond donors (Lipinski definition) is 0. The largest absolute Gasteiger partial charge is 0.455 e. The zero-order valence-electron chi connectivity index (χ0n) is 36.8. The zero-order chi connectivity index (χ0) is 44.6. The number of aromatic nitrogens is 6. The van der Waals surface area contributed by atoms with E-state index in [1.807, 2.05) is 146 Å². The second-order valence-electron chi connectivity index (χ2n) is 16.2. The van der Waals surface area contributed by atoms with Crippen LogP contribution in [-0.4, -0.2) is 29.9 Å². The first-order chi connectivity index (χ1) is 31.9. The molecule has 0 bridgehead atoms. The first kappa shape index (κ1) is 42.2. The molecule has 7 nitrogen and oxygen atoms in total. The Labute approximate surface area is 381 Å². The summed E-state index contributed by atoms with van der Waals surface area (Å²) in [6.07, 6.45) is 15.7. The highest BCUT2D eigenvalue weighted by molar-refractivity contribution is 5.84. The third-order valence-corrected chi connectivity index (χ3v) is 11.4. The van der Waals surface area contributed by atoms with Gasteiger partial charge in [-0.05, 0) is 23.6 Å². The lowest BCUT2D eigenvalue weighted by atomic mass is 9.73. The van der Waals surface area contributed by atoms with Gasteiger partial charge >= 0.3 is 0 Å². The minimum absolute atomic E-state index is 0.364. The van der Waals surface area contributed by atoms with Crippen molar-refractivity contribution in [1.82, 2.24) is 29.9 Å². The molecule has 0 radical (unpaired) electrons. The van der Waals surface area contributed by atoms with E-state index in [2.05, 4.69) is 82.0 Å². The molecule has 65 heavy (non-hydrogen) atoms. The molecule has 0 amide bonds. The summed E-state index contributed by atoms with van der Waals surface area (Å²) in [5, 5.41) is 0. The molecule has 9 rings (SSSR count). The van der Waals surface area contributed by atoms with Crippen molar-refractivity contribution < 1.29 is 4.74 Å². The summed E-state index contributed by atoms with van der Waals surface area (Å²) in [5.41, 5.74) is 9.51. The van der Waals surface area contributed by atoms with Crippen molar-refractivity contribution >= 4 is 17.2 Å². The van der Waals surface area contributed by atoms with Gasteiger partial charge in [-0.3, -0.25) is 0 Å². The van der Waals surface area contributed by atoms with Crippen molar-refractivity contribution in [3.05, 3.63) is 235 Å². The van der Waals surface area contributed by atoms with E-state index in [-0.39, 0.29) is 5.41 Å². The molecule has 8 aromatic rings. The van der Waals surface area contributed by atoms with Crippen LogP contribution in [0.4, 0.5) is 0 Å². The summed E-state index contributed by atoms with van der Waals surface area (Å²) >= 11 is 0. The predicted molar refractivity (Wildman–Crippen MR) is 265 cm³/mol. The number of ether oxygens (including phenoxy) is 1. The van der Waals surface area contributed by atoms with Crippen LogP contribution in [0.5, 0.6) is 11.5 Å². The maximum absolute atomic E-state index is 7.12. The molecule has 0 fully saturated rings. The first-order valence-corrected chi connectivity index (χ1v) is 22.0. The molecule has 0 spiro atoms. The van der Waals surface area contributed by atoms with Crippen LogP contribution in [0.2, 0.25) is 0 Å². The van der Waals surface area contributed by atoms with E-state index in [9.17, 15) is 0 Å². The van der Waals surface area contributed by atoms with Gasteiger partial charge in [0.1, 0.15) is 17.3 Å². The fourth-order valence-corrected chi connectivity index (χ4v) is 8.11. The number of benzene rings is 6. The summed E-state index contributed by atoms with van der Waals surface area (Å²) in [6, 6.07) is 52.9. The molecule has 0 saturated heterocycles. The number of para-hydroxylation sites is 2. The molecule has 6 aromatic carbocycles. The van der Waals surface area contributed by atoms with Gasteiger partial charge in [0.25, 0.3) is 0 Å². The molecule has 3 heterocycles. The Kier molecular flexibility index (Phi) is 12.4. The van der Waals surface area contributed by atoms with E-state index >= 15 is 0 Å². The van der Waals surface area contributed by atoms with Gasteiger partial charge in [-0.15, -0.1) is 0 Å². The highest BCUT2D eigenvalue weighted by atomic mass is 16.5. The van der Waals surface area contributed by atoms with Crippen LogP contribution in [0, 0.1) is 0 Å². The molecule has 0 saturated carbocycles. The van der Waals surface area contributed by atoms with Crippen LogP contribution in [0.15, 0.2) is 201 Å². The number of allylic oxidation sites excluding steroid dienone is 8. The second-order valence-corrected chi connectivity index (χ2v) is 16.2. The van der Waals surface area contributed by atoms with Gasteiger partial charge in [-0.25, -0.2) is 29.9 Å². The fourth-order valence-electron chi connectivity index (χ4n) is 8.11. The van der Waals surface area contributed by atoms with Crippen molar-refractivity contribution in [3.63, 3.8) is 0 Å². The van der Waals surface area contributed by atoms with Crippen LogP contribution >= 0.6 is 0 Å². The van der Waals surface area contributed by atoms with Crippen molar-refractivity contribution in [2.75, 3.05) is 0 Å². The third-order valence-electron chi connectivity index (χ3n) is 11.4. The van der Waals surface area contributed by atoms with Crippen LogP contribution in [-0.2, 0) is 11.8 Å². The van der Waals surface area contributed by atoms with Crippen LogP contribution in [0.3, 0.4) is 0 Å². The average molecular weight is 845 g/mol. The Balaban J connectivity index is 1.04. The number of nitrogens with zero attached hydrogens (tertiary/aromatic N) is 6. The SMILES string of the molecule is C=C/C(=C\C=C\c1nc(-c2ccccc2)nc(-c2ccccc2)n1)c1cccc2c1Oc1c(C(/C=C\Cc3nc(-c4ccccc4)nc(-c4ccccc4)n3)=C/CC)cccc1C2(C)C. The Bertz CT molecular complexity index is 2990. The second kappa shape index (κ2) is 19.1. The monoisotopic (exact) mass is 844 g/mol. The average Bonchev–Trinajstić information content (AvgIpc) is 3.36. The molecule has 0 N–H and O–H groups in total. The fraction of sp³-hybridized carbons (Fsp3) is 0.103. The molecule has 1 aliphatic rings. The molecule has 7 heteroatoms. The summed E-state index contributed by atoms with van der Waals surface area (Å²) < 4.78 is 7.12. The molecular formula is C58H48N6O. The van der Waals surface area contributed by atoms with E-state index in [4.69, 9.17) is 34.6 Å². The predicted octanol–water partition coefficient (Wildman–Crippen LogP) is 14.0. The molecule has 2 aromatic heterocycles. The summed E-state index contributed by atoms with van der Waals surface area (Å²) in [4.78, 5) is 29.2. The van der Waals surface area contributed by atoms with Crippen LogP contribution in [0.1, 0.15) is 61.1 Å². The standard InChI is InChI=1S/C58H48N6O/c1-5-23-41(33-20-39-51-61-56(44-28-15-9-16-29-44)64-57(62-51)45-30-17-10-18-31-45)47-35-22-37-49-53(47)65-52-46(34-21-36-48(52)58(49,3)4)40(6-2)32-19-38-50-59-54(42-24-11-7-12-25-42)63-55(60-50)43-26-13-8-14-27-43/h6-38H,2,5,39H2,1,3-4H3/b33-20-,38-19+,40-32+,41-23+. The molecule has 0 unspecified atom stereocenters. The van der Waals surface area contributed by atoms with E-state index in [0.29, 0.717) is 41.4 Å². The summed E-state index contributed by atoms with van der Waals surface area (Å²) in [7, 11) is 0. The molecule has 0 aliphatic carbocycles. The van der Waals surface area contributed by atoms with Gasteiger partial charge in [-0.2, -0.15) is 0 Å². The van der Waals surface area contributed by atoms with Crippen molar-refractivity contribution in [2.24, 2.45) is 0 Å². The van der Waals surface area contributed by atoms with Crippen LogP contribution < -0.4 is 4.74 Å². The molecule has 316 valence electrons. The quantitative estimate of drug-likeness (QED) is 0.107. The Hall–Kier alpha value is -8.16. The van der Waals surface area contributed by atoms with E-state index in [0.717, 1.165) is 73.6 Å². The first-order valence-electron chi connectivity index (χ1n) is 22.0. The lowest BCUT2D eigenvalue weighted by Gasteiger charge is -2.36. The van der Waals surface area contributed by atoms with Gasteiger partial charge in [0.2, 0.25) is 0 Å². The Morgan fingerprint density at radius 2 is 0.985 bits per heavy atom. The van der Waals surface area contributed by atoms with Gasteiger partial charge in [-0.1, -0.05) is 222 Å². The normalized spacial score (nSPS) is 13.3. The zero-order valence-corrected chi connectivity index (χ0v) is 36.8. The maximum Gasteiger partial charge on any atom is 0.164 e. The van der Waals surface area contributed by atoms with Crippen molar-refractivity contribution in [1.29, 1.82) is 0 Å². The lowest BCUT2D eigenvalue weighted by molar-refractivity contribution is 0.415.